The number of ether oxygens (including phenoxy) is 1. The van der Waals surface area contributed by atoms with E-state index in [2.05, 4.69) is 36.6 Å². The normalized spacial score (nSPS) is 18.0. The van der Waals surface area contributed by atoms with Crippen LogP contribution < -0.4 is 15.4 Å². The maximum atomic E-state index is 11.8. The maximum absolute atomic E-state index is 11.8. The molecule has 1 fully saturated rings. The highest BCUT2D eigenvalue weighted by Gasteiger charge is 2.12. The van der Waals surface area contributed by atoms with Crippen LogP contribution in [0.2, 0.25) is 0 Å². The second kappa shape index (κ2) is 9.56. The molecule has 2 rings (SSSR count). The Labute approximate surface area is 140 Å². The number of rotatable bonds is 8. The van der Waals surface area contributed by atoms with Crippen molar-refractivity contribution in [1.82, 2.24) is 10.6 Å². The Bertz CT molecular complexity index is 465. The molecule has 0 spiro atoms. The minimum Gasteiger partial charge on any atom is -0.493 e. The average molecular weight is 318 g/mol. The number of benzene rings is 1. The standard InChI is InChI=1S/C19H30N2O2/c1-15(2)17-5-7-18(8-6-17)23-13-10-19(22)21-12-9-16-4-3-11-20-14-16/h5-8,15-16,20H,3-4,9-14H2,1-2H3,(H,21,22). The highest BCUT2D eigenvalue weighted by atomic mass is 16.5. The first-order valence-corrected chi connectivity index (χ1v) is 8.85. The third-order valence-corrected chi connectivity index (χ3v) is 4.42. The van der Waals surface area contributed by atoms with Crippen molar-refractivity contribution in [2.24, 2.45) is 5.92 Å². The van der Waals surface area contributed by atoms with E-state index in [0.717, 1.165) is 31.8 Å². The zero-order valence-corrected chi connectivity index (χ0v) is 14.4. The molecule has 1 atom stereocenters. The van der Waals surface area contributed by atoms with E-state index in [-0.39, 0.29) is 5.91 Å². The lowest BCUT2D eigenvalue weighted by Gasteiger charge is -2.22. The van der Waals surface area contributed by atoms with Crippen LogP contribution in [0, 0.1) is 5.92 Å². The minimum atomic E-state index is 0.0765. The van der Waals surface area contributed by atoms with Crippen LogP contribution in [-0.2, 0) is 4.79 Å². The Morgan fingerprint density at radius 1 is 1.35 bits per heavy atom. The Morgan fingerprint density at radius 2 is 2.13 bits per heavy atom. The van der Waals surface area contributed by atoms with Crippen LogP contribution in [0.1, 0.15) is 51.0 Å². The van der Waals surface area contributed by atoms with Crippen LogP contribution in [0.3, 0.4) is 0 Å². The van der Waals surface area contributed by atoms with Gasteiger partial charge in [0.15, 0.2) is 0 Å². The van der Waals surface area contributed by atoms with Crippen LogP contribution >= 0.6 is 0 Å². The van der Waals surface area contributed by atoms with Gasteiger partial charge in [-0.3, -0.25) is 4.79 Å². The van der Waals surface area contributed by atoms with Gasteiger partial charge >= 0.3 is 0 Å². The Kier molecular flexibility index (Phi) is 7.40. The SMILES string of the molecule is CC(C)c1ccc(OCCC(=O)NCCC2CCCNC2)cc1. The Balaban J connectivity index is 1.57. The first-order chi connectivity index (χ1) is 11.1. The number of amides is 1. The molecule has 4 heteroatoms. The summed E-state index contributed by atoms with van der Waals surface area (Å²) in [4.78, 5) is 11.8. The zero-order valence-electron chi connectivity index (χ0n) is 14.4. The molecule has 4 nitrogen and oxygen atoms in total. The second-order valence-electron chi connectivity index (χ2n) is 6.67. The molecule has 0 radical (unpaired) electrons. The monoisotopic (exact) mass is 318 g/mol. The summed E-state index contributed by atoms with van der Waals surface area (Å²) in [6.45, 7) is 7.77. The van der Waals surface area contributed by atoms with Crippen molar-refractivity contribution in [2.75, 3.05) is 26.2 Å². The van der Waals surface area contributed by atoms with Crippen LogP contribution in [0.15, 0.2) is 24.3 Å². The van der Waals surface area contributed by atoms with E-state index < -0.39 is 0 Å². The van der Waals surface area contributed by atoms with E-state index in [4.69, 9.17) is 4.74 Å². The molecule has 1 aromatic rings. The lowest BCUT2D eigenvalue weighted by atomic mass is 9.96. The van der Waals surface area contributed by atoms with Crippen molar-refractivity contribution in [3.05, 3.63) is 29.8 Å². The van der Waals surface area contributed by atoms with Crippen LogP contribution in [0.5, 0.6) is 5.75 Å². The van der Waals surface area contributed by atoms with Gasteiger partial charge in [-0.15, -0.1) is 0 Å². The lowest BCUT2D eigenvalue weighted by molar-refractivity contribution is -0.121. The predicted octanol–water partition coefficient (Wildman–Crippen LogP) is 3.08. The Morgan fingerprint density at radius 3 is 2.78 bits per heavy atom. The van der Waals surface area contributed by atoms with Gasteiger partial charge < -0.3 is 15.4 Å². The van der Waals surface area contributed by atoms with Gasteiger partial charge in [0.1, 0.15) is 5.75 Å². The first-order valence-electron chi connectivity index (χ1n) is 8.85. The van der Waals surface area contributed by atoms with E-state index in [1.54, 1.807) is 0 Å². The molecule has 1 aromatic carbocycles. The van der Waals surface area contributed by atoms with E-state index in [1.807, 2.05) is 12.1 Å². The lowest BCUT2D eigenvalue weighted by Crippen LogP contribution is -2.33. The number of hydrogen-bond acceptors (Lipinski definition) is 3. The molecule has 1 amide bonds. The molecule has 128 valence electrons. The largest absolute Gasteiger partial charge is 0.493 e. The summed E-state index contributed by atoms with van der Waals surface area (Å²) in [5, 5.41) is 6.40. The van der Waals surface area contributed by atoms with E-state index in [1.165, 1.54) is 18.4 Å². The van der Waals surface area contributed by atoms with Gasteiger partial charge in [0.2, 0.25) is 5.91 Å². The molecule has 1 unspecified atom stereocenters. The highest BCUT2D eigenvalue weighted by Crippen LogP contribution is 2.18. The topological polar surface area (TPSA) is 50.4 Å². The molecule has 23 heavy (non-hydrogen) atoms. The third-order valence-electron chi connectivity index (χ3n) is 4.42. The fourth-order valence-corrected chi connectivity index (χ4v) is 2.89. The summed E-state index contributed by atoms with van der Waals surface area (Å²) >= 11 is 0. The molecule has 1 saturated heterocycles. The maximum Gasteiger partial charge on any atom is 0.223 e. The summed E-state index contributed by atoms with van der Waals surface area (Å²) < 4.78 is 5.64. The summed E-state index contributed by atoms with van der Waals surface area (Å²) in [7, 11) is 0. The molecule has 1 heterocycles. The van der Waals surface area contributed by atoms with Gasteiger partial charge in [0, 0.05) is 6.54 Å². The third kappa shape index (κ3) is 6.61. The molecular weight excluding hydrogens is 288 g/mol. The van der Waals surface area contributed by atoms with Crippen LogP contribution in [-0.4, -0.2) is 32.1 Å². The van der Waals surface area contributed by atoms with Gasteiger partial charge in [-0.1, -0.05) is 26.0 Å². The number of hydrogen-bond donors (Lipinski definition) is 2. The fourth-order valence-electron chi connectivity index (χ4n) is 2.89. The van der Waals surface area contributed by atoms with Gasteiger partial charge in [-0.05, 0) is 61.9 Å². The molecule has 1 aliphatic rings. The number of nitrogens with one attached hydrogen (secondary N) is 2. The zero-order chi connectivity index (χ0) is 16.5. The van der Waals surface area contributed by atoms with Gasteiger partial charge in [0.25, 0.3) is 0 Å². The summed E-state index contributed by atoms with van der Waals surface area (Å²) in [5.74, 6) is 2.14. The number of carbonyl (C=O) groups is 1. The fraction of sp³-hybridized carbons (Fsp3) is 0.632. The van der Waals surface area contributed by atoms with Crippen molar-refractivity contribution in [3.8, 4) is 5.75 Å². The summed E-state index contributed by atoms with van der Waals surface area (Å²) in [5.41, 5.74) is 1.30. The number of carbonyl (C=O) groups excluding carboxylic acids is 1. The van der Waals surface area contributed by atoms with Crippen LogP contribution in [0.25, 0.3) is 0 Å². The van der Waals surface area contributed by atoms with E-state index in [0.29, 0.717) is 24.9 Å². The quantitative estimate of drug-likeness (QED) is 0.774. The molecule has 1 aliphatic heterocycles. The van der Waals surface area contributed by atoms with Crippen molar-refractivity contribution in [3.63, 3.8) is 0 Å². The van der Waals surface area contributed by atoms with E-state index in [9.17, 15) is 4.79 Å². The van der Waals surface area contributed by atoms with Gasteiger partial charge in [0.05, 0.1) is 13.0 Å². The van der Waals surface area contributed by atoms with Crippen LogP contribution in [0.4, 0.5) is 0 Å². The van der Waals surface area contributed by atoms with Crippen molar-refractivity contribution in [1.29, 1.82) is 0 Å². The number of piperidine rings is 1. The van der Waals surface area contributed by atoms with Crippen molar-refractivity contribution in [2.45, 2.75) is 45.4 Å². The smallest absolute Gasteiger partial charge is 0.223 e. The Hall–Kier alpha value is -1.55. The second-order valence-corrected chi connectivity index (χ2v) is 6.67. The molecular formula is C19H30N2O2. The minimum absolute atomic E-state index is 0.0765. The van der Waals surface area contributed by atoms with Crippen molar-refractivity contribution >= 4 is 5.91 Å². The molecule has 0 aliphatic carbocycles. The summed E-state index contributed by atoms with van der Waals surface area (Å²) in [6.07, 6.45) is 4.01. The van der Waals surface area contributed by atoms with Gasteiger partial charge in [-0.2, -0.15) is 0 Å². The molecule has 0 bridgehead atoms. The van der Waals surface area contributed by atoms with Crippen molar-refractivity contribution < 1.29 is 9.53 Å². The molecule has 0 saturated carbocycles. The summed E-state index contributed by atoms with van der Waals surface area (Å²) in [6, 6.07) is 8.11. The molecule has 2 N–H and O–H groups in total. The highest BCUT2D eigenvalue weighted by molar-refractivity contribution is 5.75. The van der Waals surface area contributed by atoms with E-state index >= 15 is 0 Å². The predicted molar refractivity (Wildman–Crippen MR) is 93.9 cm³/mol. The average Bonchev–Trinajstić information content (AvgIpc) is 2.56. The first kappa shape index (κ1) is 17.8. The van der Waals surface area contributed by atoms with Gasteiger partial charge in [-0.25, -0.2) is 0 Å². The molecule has 0 aromatic heterocycles.